The number of H-pyrrole nitrogens is 1. The third-order valence-corrected chi connectivity index (χ3v) is 2.67. The zero-order chi connectivity index (χ0) is 14.0. The molecule has 2 N–H and O–H groups in total. The summed E-state index contributed by atoms with van der Waals surface area (Å²) in [7, 11) is 1.81. The SMILES string of the molecule is Cn1cc(C(=O)NCc2ncn[nH]2)c(C(C)(C)C)n1. The Morgan fingerprint density at radius 3 is 2.79 bits per heavy atom. The number of nitrogens with one attached hydrogen (secondary N) is 2. The summed E-state index contributed by atoms with van der Waals surface area (Å²) in [5, 5.41) is 13.6. The fourth-order valence-corrected chi connectivity index (χ4v) is 1.78. The zero-order valence-electron chi connectivity index (χ0n) is 11.6. The van der Waals surface area contributed by atoms with Crippen molar-refractivity contribution in [3.05, 3.63) is 29.6 Å². The minimum atomic E-state index is -0.180. The molecule has 0 atom stereocenters. The van der Waals surface area contributed by atoms with Gasteiger partial charge in [-0.2, -0.15) is 10.2 Å². The van der Waals surface area contributed by atoms with Gasteiger partial charge in [-0.15, -0.1) is 0 Å². The summed E-state index contributed by atoms with van der Waals surface area (Å²) in [6.07, 6.45) is 3.14. The standard InChI is InChI=1S/C12H18N6O/c1-12(2,3)10-8(6-18(4)17-10)11(19)13-5-9-14-7-15-16-9/h6-7H,5H2,1-4H3,(H,13,19)(H,14,15,16). The number of hydrogen-bond acceptors (Lipinski definition) is 4. The van der Waals surface area contributed by atoms with Crippen LogP contribution in [0.3, 0.4) is 0 Å². The fraction of sp³-hybridized carbons (Fsp3) is 0.500. The fourth-order valence-electron chi connectivity index (χ4n) is 1.78. The van der Waals surface area contributed by atoms with E-state index in [0.717, 1.165) is 5.69 Å². The van der Waals surface area contributed by atoms with Crippen molar-refractivity contribution in [3.8, 4) is 0 Å². The number of aromatic nitrogens is 5. The number of carbonyl (C=O) groups excluding carboxylic acids is 1. The van der Waals surface area contributed by atoms with Gasteiger partial charge in [0.1, 0.15) is 12.2 Å². The van der Waals surface area contributed by atoms with Crippen LogP contribution in [0.1, 0.15) is 42.6 Å². The summed E-state index contributed by atoms with van der Waals surface area (Å²) < 4.78 is 1.66. The van der Waals surface area contributed by atoms with E-state index in [0.29, 0.717) is 17.9 Å². The molecule has 1 amide bonds. The first kappa shape index (κ1) is 13.3. The van der Waals surface area contributed by atoms with Gasteiger partial charge in [-0.25, -0.2) is 4.98 Å². The number of amides is 1. The number of rotatable bonds is 3. The number of aromatic amines is 1. The Morgan fingerprint density at radius 2 is 2.21 bits per heavy atom. The average Bonchev–Trinajstić information content (AvgIpc) is 2.93. The Hall–Kier alpha value is -2.18. The van der Waals surface area contributed by atoms with E-state index in [4.69, 9.17) is 0 Å². The molecule has 0 aliphatic rings. The predicted molar refractivity (Wildman–Crippen MR) is 69.5 cm³/mol. The molecule has 0 fully saturated rings. The first-order chi connectivity index (χ1) is 8.88. The molecule has 0 saturated carbocycles. The monoisotopic (exact) mass is 262 g/mol. The zero-order valence-corrected chi connectivity index (χ0v) is 11.6. The molecule has 19 heavy (non-hydrogen) atoms. The topological polar surface area (TPSA) is 88.5 Å². The van der Waals surface area contributed by atoms with E-state index in [-0.39, 0.29) is 11.3 Å². The minimum Gasteiger partial charge on any atom is -0.345 e. The largest absolute Gasteiger partial charge is 0.345 e. The Bertz CT molecular complexity index is 564. The van der Waals surface area contributed by atoms with E-state index in [1.54, 1.807) is 10.9 Å². The van der Waals surface area contributed by atoms with Crippen molar-refractivity contribution in [1.82, 2.24) is 30.3 Å². The molecule has 7 nitrogen and oxygen atoms in total. The van der Waals surface area contributed by atoms with Gasteiger partial charge in [0, 0.05) is 18.7 Å². The van der Waals surface area contributed by atoms with Crippen LogP contribution in [0, 0.1) is 0 Å². The van der Waals surface area contributed by atoms with Gasteiger partial charge in [0.15, 0.2) is 0 Å². The van der Waals surface area contributed by atoms with Gasteiger partial charge in [-0.3, -0.25) is 14.6 Å². The van der Waals surface area contributed by atoms with Crippen LogP contribution in [0.4, 0.5) is 0 Å². The van der Waals surface area contributed by atoms with Crippen molar-refractivity contribution >= 4 is 5.91 Å². The number of carbonyl (C=O) groups is 1. The van der Waals surface area contributed by atoms with Gasteiger partial charge in [-0.1, -0.05) is 20.8 Å². The molecule has 0 aliphatic heterocycles. The summed E-state index contributed by atoms with van der Waals surface area (Å²) in [6.45, 7) is 6.41. The van der Waals surface area contributed by atoms with E-state index in [1.165, 1.54) is 6.33 Å². The van der Waals surface area contributed by atoms with Gasteiger partial charge < -0.3 is 5.32 Å². The summed E-state index contributed by atoms with van der Waals surface area (Å²) in [5.74, 6) is 0.462. The molecular weight excluding hydrogens is 244 g/mol. The Morgan fingerprint density at radius 1 is 1.47 bits per heavy atom. The quantitative estimate of drug-likeness (QED) is 0.855. The molecule has 0 bridgehead atoms. The average molecular weight is 262 g/mol. The second kappa shape index (κ2) is 4.83. The molecule has 7 heteroatoms. The molecular formula is C12H18N6O. The van der Waals surface area contributed by atoms with Gasteiger partial charge in [0.05, 0.1) is 17.8 Å². The van der Waals surface area contributed by atoms with Crippen LogP contribution in [0.2, 0.25) is 0 Å². The summed E-state index contributed by atoms with van der Waals surface area (Å²) in [5.41, 5.74) is 1.19. The molecule has 0 aromatic carbocycles. The maximum atomic E-state index is 12.2. The highest BCUT2D eigenvalue weighted by atomic mass is 16.1. The van der Waals surface area contributed by atoms with Crippen LogP contribution in [0.5, 0.6) is 0 Å². The summed E-state index contributed by atoms with van der Waals surface area (Å²) in [6, 6.07) is 0. The summed E-state index contributed by atoms with van der Waals surface area (Å²) in [4.78, 5) is 16.2. The van der Waals surface area contributed by atoms with Crippen LogP contribution >= 0.6 is 0 Å². The number of hydrogen-bond donors (Lipinski definition) is 2. The predicted octanol–water partition coefficient (Wildman–Crippen LogP) is 0.766. The maximum absolute atomic E-state index is 12.2. The van der Waals surface area contributed by atoms with E-state index >= 15 is 0 Å². The Labute approximate surface area is 111 Å². The highest BCUT2D eigenvalue weighted by Crippen LogP contribution is 2.23. The lowest BCUT2D eigenvalue weighted by molar-refractivity contribution is 0.0947. The lowest BCUT2D eigenvalue weighted by atomic mass is 9.89. The van der Waals surface area contributed by atoms with Crippen molar-refractivity contribution < 1.29 is 4.79 Å². The normalized spacial score (nSPS) is 11.6. The minimum absolute atomic E-state index is 0.158. The van der Waals surface area contributed by atoms with E-state index in [9.17, 15) is 4.79 Å². The van der Waals surface area contributed by atoms with Crippen molar-refractivity contribution in [2.45, 2.75) is 32.7 Å². The van der Waals surface area contributed by atoms with Gasteiger partial charge in [0.25, 0.3) is 5.91 Å². The highest BCUT2D eigenvalue weighted by molar-refractivity contribution is 5.95. The lowest BCUT2D eigenvalue weighted by Crippen LogP contribution is -2.26. The van der Waals surface area contributed by atoms with Crippen LogP contribution in [-0.4, -0.2) is 30.9 Å². The van der Waals surface area contributed by atoms with E-state index in [1.807, 2.05) is 27.8 Å². The smallest absolute Gasteiger partial charge is 0.255 e. The van der Waals surface area contributed by atoms with E-state index < -0.39 is 0 Å². The highest BCUT2D eigenvalue weighted by Gasteiger charge is 2.25. The maximum Gasteiger partial charge on any atom is 0.255 e. The Kier molecular flexibility index (Phi) is 3.37. The molecule has 0 saturated heterocycles. The molecule has 0 aliphatic carbocycles. The summed E-state index contributed by atoms with van der Waals surface area (Å²) >= 11 is 0. The lowest BCUT2D eigenvalue weighted by Gasteiger charge is -2.17. The first-order valence-electron chi connectivity index (χ1n) is 6.04. The first-order valence-corrected chi connectivity index (χ1v) is 6.04. The van der Waals surface area contributed by atoms with Crippen molar-refractivity contribution in [2.75, 3.05) is 0 Å². The third kappa shape index (κ3) is 2.98. The number of nitrogens with zero attached hydrogens (tertiary/aromatic N) is 4. The number of aryl methyl sites for hydroxylation is 1. The van der Waals surface area contributed by atoms with Crippen molar-refractivity contribution in [3.63, 3.8) is 0 Å². The Balaban J connectivity index is 2.15. The van der Waals surface area contributed by atoms with Crippen LogP contribution in [-0.2, 0) is 19.0 Å². The van der Waals surface area contributed by atoms with Crippen LogP contribution < -0.4 is 5.32 Å². The van der Waals surface area contributed by atoms with Crippen molar-refractivity contribution in [2.24, 2.45) is 7.05 Å². The second-order valence-corrected chi connectivity index (χ2v) is 5.43. The van der Waals surface area contributed by atoms with Crippen LogP contribution in [0.15, 0.2) is 12.5 Å². The molecule has 2 aromatic heterocycles. The molecule has 2 rings (SSSR count). The molecule has 2 heterocycles. The van der Waals surface area contributed by atoms with Crippen LogP contribution in [0.25, 0.3) is 0 Å². The molecule has 0 radical (unpaired) electrons. The molecule has 2 aromatic rings. The second-order valence-electron chi connectivity index (χ2n) is 5.43. The molecule has 102 valence electrons. The van der Waals surface area contributed by atoms with Gasteiger partial charge >= 0.3 is 0 Å². The molecule has 0 spiro atoms. The van der Waals surface area contributed by atoms with E-state index in [2.05, 4.69) is 25.6 Å². The third-order valence-electron chi connectivity index (χ3n) is 2.67. The molecule has 0 unspecified atom stereocenters. The van der Waals surface area contributed by atoms with Gasteiger partial charge in [-0.05, 0) is 0 Å². The van der Waals surface area contributed by atoms with Crippen molar-refractivity contribution in [1.29, 1.82) is 0 Å². The van der Waals surface area contributed by atoms with Gasteiger partial charge in [0.2, 0.25) is 0 Å².